The fraction of sp³-hybridized carbons (Fsp3) is 0.500. The van der Waals surface area contributed by atoms with Crippen LogP contribution in [0.25, 0.3) is 0 Å². The van der Waals surface area contributed by atoms with Gasteiger partial charge in [0.2, 0.25) is 0 Å². The van der Waals surface area contributed by atoms with Gasteiger partial charge < -0.3 is 15.0 Å². The van der Waals surface area contributed by atoms with Gasteiger partial charge in [-0.1, -0.05) is 0 Å². The van der Waals surface area contributed by atoms with Crippen molar-refractivity contribution in [3.63, 3.8) is 0 Å². The summed E-state index contributed by atoms with van der Waals surface area (Å²) in [6.07, 6.45) is 0. The topological polar surface area (TPSA) is 36.9 Å². The van der Waals surface area contributed by atoms with E-state index in [1.165, 1.54) is 5.56 Å². The van der Waals surface area contributed by atoms with Crippen molar-refractivity contribution in [1.82, 2.24) is 0 Å². The molecule has 0 aromatic heterocycles. The Kier molecular flexibility index (Phi) is 2.78. The van der Waals surface area contributed by atoms with E-state index in [1.807, 2.05) is 6.92 Å². The van der Waals surface area contributed by atoms with Crippen LogP contribution in [0.5, 0.6) is 5.75 Å². The maximum atomic E-state index is 6.15. The maximum absolute atomic E-state index is 6.15. The lowest BCUT2D eigenvalue weighted by atomic mass is 10.0. The van der Waals surface area contributed by atoms with Crippen molar-refractivity contribution in [1.29, 1.82) is 0 Å². The Morgan fingerprint density at radius 3 is 2.95 bits per heavy atom. The molecule has 0 aliphatic carbocycles. The fourth-order valence-electron chi connectivity index (χ4n) is 2.78. The predicted octanol–water partition coefficient (Wildman–Crippen LogP) is 3.40. The third kappa shape index (κ3) is 2.10. The number of halogens is 1. The smallest absolute Gasteiger partial charge is 0.159 e. The highest BCUT2D eigenvalue weighted by Crippen LogP contribution is 2.48. The van der Waals surface area contributed by atoms with Crippen LogP contribution in [0.3, 0.4) is 0 Å². The first-order chi connectivity index (χ1) is 8.87. The number of anilines is 2. The summed E-state index contributed by atoms with van der Waals surface area (Å²) in [7, 11) is 2.11. The standard InChI is InChI=1S/C14H18BrN3O/c1-8-16-6-9-5-10(15)13-12(11(9)17-8)18(4)7-14(2,3)19-13/h5H,6-7H2,1-4H3,(H,16,17). The molecular weight excluding hydrogens is 306 g/mol. The number of benzene rings is 1. The van der Waals surface area contributed by atoms with Crippen molar-refractivity contribution in [3.8, 4) is 5.75 Å². The highest BCUT2D eigenvalue weighted by molar-refractivity contribution is 9.10. The first-order valence-electron chi connectivity index (χ1n) is 6.41. The maximum Gasteiger partial charge on any atom is 0.159 e. The van der Waals surface area contributed by atoms with E-state index >= 15 is 0 Å². The lowest BCUT2D eigenvalue weighted by Crippen LogP contribution is -2.45. The third-order valence-electron chi connectivity index (χ3n) is 3.46. The van der Waals surface area contributed by atoms with Gasteiger partial charge in [-0.3, -0.25) is 4.99 Å². The molecule has 3 rings (SSSR count). The Labute approximate surface area is 122 Å². The Morgan fingerprint density at radius 2 is 2.21 bits per heavy atom. The molecule has 102 valence electrons. The molecule has 2 aliphatic rings. The summed E-state index contributed by atoms with van der Waals surface area (Å²) in [5.41, 5.74) is 3.27. The number of hydrogen-bond acceptors (Lipinski definition) is 4. The zero-order valence-corrected chi connectivity index (χ0v) is 13.3. The molecule has 0 amide bonds. The van der Waals surface area contributed by atoms with Gasteiger partial charge in [-0.15, -0.1) is 0 Å². The molecule has 1 N–H and O–H groups in total. The minimum absolute atomic E-state index is 0.184. The van der Waals surface area contributed by atoms with Gasteiger partial charge in [0.15, 0.2) is 5.75 Å². The molecule has 1 aromatic rings. The van der Waals surface area contributed by atoms with Crippen molar-refractivity contribution in [2.45, 2.75) is 32.9 Å². The molecule has 0 fully saturated rings. The van der Waals surface area contributed by atoms with Gasteiger partial charge in [-0.05, 0) is 42.8 Å². The molecule has 2 aliphatic heterocycles. The van der Waals surface area contributed by atoms with Gasteiger partial charge in [-0.25, -0.2) is 0 Å². The molecule has 0 bridgehead atoms. The highest BCUT2D eigenvalue weighted by atomic mass is 79.9. The summed E-state index contributed by atoms with van der Waals surface area (Å²) >= 11 is 3.63. The molecule has 0 unspecified atom stereocenters. The fourth-order valence-corrected chi connectivity index (χ4v) is 3.32. The average molecular weight is 324 g/mol. The number of ether oxygens (including phenoxy) is 1. The lowest BCUT2D eigenvalue weighted by molar-refractivity contribution is 0.106. The van der Waals surface area contributed by atoms with Crippen LogP contribution in [0.1, 0.15) is 26.3 Å². The summed E-state index contributed by atoms with van der Waals surface area (Å²) < 4.78 is 7.15. The van der Waals surface area contributed by atoms with Crippen molar-refractivity contribution < 1.29 is 4.74 Å². The molecule has 1 aromatic carbocycles. The van der Waals surface area contributed by atoms with E-state index in [4.69, 9.17) is 4.74 Å². The number of rotatable bonds is 0. The van der Waals surface area contributed by atoms with Crippen molar-refractivity contribution in [3.05, 3.63) is 16.1 Å². The summed E-state index contributed by atoms with van der Waals surface area (Å²) in [5, 5.41) is 3.38. The normalized spacial score (nSPS) is 19.8. The SMILES string of the molecule is CC1=NCc2cc(Br)c3c(c2N1)N(C)CC(C)(C)O3. The summed E-state index contributed by atoms with van der Waals surface area (Å²) in [4.78, 5) is 6.70. The van der Waals surface area contributed by atoms with E-state index in [1.54, 1.807) is 0 Å². The minimum Gasteiger partial charge on any atom is -0.483 e. The monoisotopic (exact) mass is 323 g/mol. The molecule has 19 heavy (non-hydrogen) atoms. The van der Waals surface area contributed by atoms with Crippen LogP contribution in [0.2, 0.25) is 0 Å². The molecule has 2 heterocycles. The summed E-state index contributed by atoms with van der Waals surface area (Å²) in [5.74, 6) is 1.87. The van der Waals surface area contributed by atoms with Gasteiger partial charge in [0.05, 0.1) is 29.1 Å². The van der Waals surface area contributed by atoms with Crippen LogP contribution < -0.4 is 15.0 Å². The van der Waals surface area contributed by atoms with Crippen LogP contribution in [0, 0.1) is 0 Å². The van der Waals surface area contributed by atoms with E-state index < -0.39 is 0 Å². The number of fused-ring (bicyclic) bond motifs is 3. The van der Waals surface area contributed by atoms with Crippen LogP contribution in [0.4, 0.5) is 11.4 Å². The number of nitrogens with one attached hydrogen (secondary N) is 1. The second-order valence-electron chi connectivity index (χ2n) is 5.81. The van der Waals surface area contributed by atoms with Gasteiger partial charge >= 0.3 is 0 Å². The molecule has 0 spiro atoms. The average Bonchev–Trinajstić information content (AvgIpc) is 2.28. The van der Waals surface area contributed by atoms with E-state index in [2.05, 4.69) is 58.1 Å². The molecule has 5 heteroatoms. The molecular formula is C14H18BrN3O. The zero-order chi connectivity index (χ0) is 13.8. The van der Waals surface area contributed by atoms with Gasteiger partial charge in [0.1, 0.15) is 11.3 Å². The third-order valence-corrected chi connectivity index (χ3v) is 4.05. The number of amidine groups is 1. The van der Waals surface area contributed by atoms with E-state index in [9.17, 15) is 0 Å². The van der Waals surface area contributed by atoms with Crippen LogP contribution in [0.15, 0.2) is 15.5 Å². The van der Waals surface area contributed by atoms with E-state index in [-0.39, 0.29) is 5.60 Å². The first kappa shape index (κ1) is 12.8. The van der Waals surface area contributed by atoms with Gasteiger partial charge in [0, 0.05) is 12.6 Å². The molecule has 0 saturated carbocycles. The summed E-state index contributed by atoms with van der Waals surface area (Å²) in [6.45, 7) is 7.79. The first-order valence-corrected chi connectivity index (χ1v) is 7.20. The van der Waals surface area contributed by atoms with Crippen LogP contribution >= 0.6 is 15.9 Å². The Hall–Kier alpha value is -1.23. The number of nitrogens with zero attached hydrogens (tertiary/aromatic N) is 2. The largest absolute Gasteiger partial charge is 0.483 e. The lowest BCUT2D eigenvalue weighted by Gasteiger charge is -2.41. The molecule has 0 saturated heterocycles. The van der Waals surface area contributed by atoms with Gasteiger partial charge in [-0.2, -0.15) is 0 Å². The second-order valence-corrected chi connectivity index (χ2v) is 6.67. The number of likely N-dealkylation sites (N-methyl/N-ethyl adjacent to an activating group) is 1. The van der Waals surface area contributed by atoms with E-state index in [0.717, 1.165) is 40.5 Å². The van der Waals surface area contributed by atoms with Crippen molar-refractivity contribution >= 4 is 33.1 Å². The van der Waals surface area contributed by atoms with Crippen LogP contribution in [-0.4, -0.2) is 25.0 Å². The second kappa shape index (κ2) is 4.13. The molecule has 0 atom stereocenters. The zero-order valence-electron chi connectivity index (χ0n) is 11.7. The number of hydrogen-bond donors (Lipinski definition) is 1. The minimum atomic E-state index is -0.184. The van der Waals surface area contributed by atoms with Crippen molar-refractivity contribution in [2.24, 2.45) is 4.99 Å². The van der Waals surface area contributed by atoms with E-state index in [0.29, 0.717) is 0 Å². The predicted molar refractivity (Wildman–Crippen MR) is 82.6 cm³/mol. The molecule has 0 radical (unpaired) electrons. The Bertz CT molecular complexity index is 581. The Balaban J connectivity index is 2.19. The highest BCUT2D eigenvalue weighted by Gasteiger charge is 2.34. The Morgan fingerprint density at radius 1 is 1.47 bits per heavy atom. The number of aliphatic imine (C=N–C) groups is 1. The quantitative estimate of drug-likeness (QED) is 0.795. The van der Waals surface area contributed by atoms with Crippen LogP contribution in [-0.2, 0) is 6.54 Å². The van der Waals surface area contributed by atoms with Gasteiger partial charge in [0.25, 0.3) is 0 Å². The molecule has 4 nitrogen and oxygen atoms in total. The van der Waals surface area contributed by atoms with Crippen molar-refractivity contribution in [2.75, 3.05) is 23.8 Å². The summed E-state index contributed by atoms with van der Waals surface area (Å²) in [6, 6.07) is 2.10.